The van der Waals surface area contributed by atoms with Crippen LogP contribution >= 0.6 is 0 Å². The van der Waals surface area contributed by atoms with Gasteiger partial charge < -0.3 is 16.2 Å². The summed E-state index contributed by atoms with van der Waals surface area (Å²) in [5.41, 5.74) is 11.1. The lowest BCUT2D eigenvalue weighted by Gasteiger charge is -2.11. The monoisotopic (exact) mass is 287 g/mol. The molecule has 0 radical (unpaired) electrons. The third kappa shape index (κ3) is 5.58. The van der Waals surface area contributed by atoms with Gasteiger partial charge in [0.1, 0.15) is 12.4 Å². The maximum Gasteiger partial charge on any atom is 0.235 e. The van der Waals surface area contributed by atoms with Crippen LogP contribution in [-0.4, -0.2) is 32.7 Å². The van der Waals surface area contributed by atoms with Gasteiger partial charge in [0.25, 0.3) is 0 Å². The Morgan fingerprint density at radius 3 is 2.74 bits per heavy atom. The molecule has 0 heterocycles. The molecule has 19 heavy (non-hydrogen) atoms. The SMILES string of the molecule is CC(NS(=O)(=O)CCOc1cccc(N)c1)C(N)=O. The Bertz CT molecular complexity index is 545. The number of ether oxygens (including phenoxy) is 1. The van der Waals surface area contributed by atoms with Gasteiger partial charge >= 0.3 is 0 Å². The second-order valence-electron chi connectivity index (χ2n) is 3.98. The van der Waals surface area contributed by atoms with E-state index in [0.29, 0.717) is 11.4 Å². The van der Waals surface area contributed by atoms with Crippen LogP contribution in [0.25, 0.3) is 0 Å². The molecule has 106 valence electrons. The van der Waals surface area contributed by atoms with E-state index in [1.807, 2.05) is 0 Å². The number of rotatable bonds is 7. The zero-order valence-electron chi connectivity index (χ0n) is 10.5. The summed E-state index contributed by atoms with van der Waals surface area (Å²) in [6.45, 7) is 1.32. The third-order valence-corrected chi connectivity index (χ3v) is 3.68. The molecule has 7 nitrogen and oxygen atoms in total. The van der Waals surface area contributed by atoms with Gasteiger partial charge in [-0.05, 0) is 19.1 Å². The van der Waals surface area contributed by atoms with Gasteiger partial charge in [0.2, 0.25) is 15.9 Å². The first kappa shape index (κ1) is 15.3. The number of primary amides is 1. The largest absolute Gasteiger partial charge is 0.492 e. The summed E-state index contributed by atoms with van der Waals surface area (Å²) in [6, 6.07) is 5.71. The lowest BCUT2D eigenvalue weighted by molar-refractivity contribution is -0.119. The Kier molecular flexibility index (Phi) is 5.13. The third-order valence-electron chi connectivity index (χ3n) is 2.26. The minimum Gasteiger partial charge on any atom is -0.492 e. The summed E-state index contributed by atoms with van der Waals surface area (Å²) in [7, 11) is -3.61. The van der Waals surface area contributed by atoms with Crippen molar-refractivity contribution in [3.8, 4) is 5.75 Å². The Labute approximate surface area is 112 Å². The van der Waals surface area contributed by atoms with Crippen LogP contribution < -0.4 is 20.9 Å². The zero-order chi connectivity index (χ0) is 14.5. The summed E-state index contributed by atoms with van der Waals surface area (Å²) in [6.07, 6.45) is 0. The highest BCUT2D eigenvalue weighted by atomic mass is 32.2. The summed E-state index contributed by atoms with van der Waals surface area (Å²) < 4.78 is 30.6. The quantitative estimate of drug-likeness (QED) is 0.580. The minimum absolute atomic E-state index is 0.0513. The van der Waals surface area contributed by atoms with Crippen molar-refractivity contribution in [2.75, 3.05) is 18.1 Å². The van der Waals surface area contributed by atoms with Gasteiger partial charge in [-0.15, -0.1) is 0 Å². The van der Waals surface area contributed by atoms with E-state index in [2.05, 4.69) is 4.72 Å². The Morgan fingerprint density at radius 2 is 2.16 bits per heavy atom. The number of amides is 1. The zero-order valence-corrected chi connectivity index (χ0v) is 11.3. The molecule has 5 N–H and O–H groups in total. The van der Waals surface area contributed by atoms with Gasteiger partial charge in [-0.25, -0.2) is 13.1 Å². The van der Waals surface area contributed by atoms with Crippen molar-refractivity contribution in [1.82, 2.24) is 4.72 Å². The summed E-state index contributed by atoms with van der Waals surface area (Å²) in [5.74, 6) is -0.530. The van der Waals surface area contributed by atoms with Crippen molar-refractivity contribution in [3.63, 3.8) is 0 Å². The molecule has 0 saturated heterocycles. The van der Waals surface area contributed by atoms with Crippen LogP contribution in [0.1, 0.15) is 6.92 Å². The van der Waals surface area contributed by atoms with E-state index in [9.17, 15) is 13.2 Å². The molecule has 0 aromatic heterocycles. The van der Waals surface area contributed by atoms with Crippen molar-refractivity contribution in [2.24, 2.45) is 5.73 Å². The van der Waals surface area contributed by atoms with E-state index in [-0.39, 0.29) is 12.4 Å². The average Bonchev–Trinajstić information content (AvgIpc) is 2.27. The molecule has 1 atom stereocenters. The smallest absolute Gasteiger partial charge is 0.235 e. The molecule has 0 saturated carbocycles. The predicted molar refractivity (Wildman–Crippen MR) is 71.9 cm³/mol. The van der Waals surface area contributed by atoms with Crippen LogP contribution in [0.5, 0.6) is 5.75 Å². The molecular weight excluding hydrogens is 270 g/mol. The van der Waals surface area contributed by atoms with Gasteiger partial charge in [0, 0.05) is 11.8 Å². The highest BCUT2D eigenvalue weighted by molar-refractivity contribution is 7.89. The second kappa shape index (κ2) is 6.39. The average molecular weight is 287 g/mol. The van der Waals surface area contributed by atoms with Gasteiger partial charge in [-0.3, -0.25) is 4.79 Å². The number of nitrogen functional groups attached to an aromatic ring is 1. The van der Waals surface area contributed by atoms with E-state index < -0.39 is 22.0 Å². The molecule has 0 fully saturated rings. The normalized spacial score (nSPS) is 12.9. The molecule has 0 bridgehead atoms. The van der Waals surface area contributed by atoms with Gasteiger partial charge in [-0.2, -0.15) is 0 Å². The van der Waals surface area contributed by atoms with Crippen LogP contribution in [-0.2, 0) is 14.8 Å². The van der Waals surface area contributed by atoms with Crippen molar-refractivity contribution in [1.29, 1.82) is 0 Å². The molecule has 1 aromatic carbocycles. The fraction of sp³-hybridized carbons (Fsp3) is 0.364. The molecule has 0 spiro atoms. The summed E-state index contributed by atoms with van der Waals surface area (Å²) in [5, 5.41) is 0. The van der Waals surface area contributed by atoms with Crippen LogP contribution in [0.2, 0.25) is 0 Å². The number of anilines is 1. The van der Waals surface area contributed by atoms with E-state index >= 15 is 0 Å². The fourth-order valence-electron chi connectivity index (χ4n) is 1.26. The molecule has 1 amide bonds. The van der Waals surface area contributed by atoms with Crippen LogP contribution in [0.3, 0.4) is 0 Å². The molecule has 1 aromatic rings. The predicted octanol–water partition coefficient (Wildman–Crippen LogP) is -0.559. The Hall–Kier alpha value is -1.80. The second-order valence-corrected chi connectivity index (χ2v) is 5.86. The minimum atomic E-state index is -3.61. The fourth-order valence-corrected chi connectivity index (χ4v) is 2.34. The van der Waals surface area contributed by atoms with Crippen LogP contribution in [0, 0.1) is 0 Å². The number of hydrogen-bond donors (Lipinski definition) is 3. The summed E-state index contributed by atoms with van der Waals surface area (Å²) in [4.78, 5) is 10.8. The van der Waals surface area contributed by atoms with E-state index in [1.54, 1.807) is 24.3 Å². The van der Waals surface area contributed by atoms with Crippen molar-refractivity contribution >= 4 is 21.6 Å². The number of nitrogens with two attached hydrogens (primary N) is 2. The molecule has 1 unspecified atom stereocenters. The maximum atomic E-state index is 11.6. The van der Waals surface area contributed by atoms with E-state index in [0.717, 1.165) is 0 Å². The van der Waals surface area contributed by atoms with E-state index in [1.165, 1.54) is 6.92 Å². The van der Waals surface area contributed by atoms with Crippen molar-refractivity contribution < 1.29 is 17.9 Å². The number of benzene rings is 1. The highest BCUT2D eigenvalue weighted by Crippen LogP contribution is 2.14. The van der Waals surface area contributed by atoms with E-state index in [4.69, 9.17) is 16.2 Å². The molecule has 0 aliphatic rings. The first-order valence-corrected chi connectivity index (χ1v) is 7.23. The first-order valence-electron chi connectivity index (χ1n) is 5.58. The molecule has 8 heteroatoms. The molecule has 0 aliphatic heterocycles. The lowest BCUT2D eigenvalue weighted by atomic mass is 10.3. The number of carbonyl (C=O) groups excluding carboxylic acids is 1. The number of sulfonamides is 1. The number of hydrogen-bond acceptors (Lipinski definition) is 5. The molecular formula is C11H17N3O4S. The number of nitrogens with one attached hydrogen (secondary N) is 1. The maximum absolute atomic E-state index is 11.6. The standard InChI is InChI=1S/C11H17N3O4S/c1-8(11(13)15)14-19(16,17)6-5-18-10-4-2-3-9(12)7-10/h2-4,7-8,14H,5-6,12H2,1H3,(H2,13,15). The van der Waals surface area contributed by atoms with Gasteiger partial charge in [0.15, 0.2) is 0 Å². The van der Waals surface area contributed by atoms with Gasteiger partial charge in [-0.1, -0.05) is 6.07 Å². The topological polar surface area (TPSA) is 125 Å². The Morgan fingerprint density at radius 1 is 1.47 bits per heavy atom. The van der Waals surface area contributed by atoms with Crippen molar-refractivity contribution in [2.45, 2.75) is 13.0 Å². The summed E-state index contributed by atoms with van der Waals surface area (Å²) >= 11 is 0. The number of carbonyl (C=O) groups is 1. The van der Waals surface area contributed by atoms with Crippen LogP contribution in [0.15, 0.2) is 24.3 Å². The van der Waals surface area contributed by atoms with Crippen molar-refractivity contribution in [3.05, 3.63) is 24.3 Å². The lowest BCUT2D eigenvalue weighted by Crippen LogP contribution is -2.43. The van der Waals surface area contributed by atoms with Gasteiger partial charge in [0.05, 0.1) is 11.8 Å². The van der Waals surface area contributed by atoms with Crippen LogP contribution in [0.4, 0.5) is 5.69 Å². The highest BCUT2D eigenvalue weighted by Gasteiger charge is 2.17. The Balaban J connectivity index is 2.46. The first-order chi connectivity index (χ1) is 8.80. The molecule has 1 rings (SSSR count). The molecule has 0 aliphatic carbocycles.